The Morgan fingerprint density at radius 3 is 2.28 bits per heavy atom. The zero-order valence-corrected chi connectivity index (χ0v) is 15.0. The van der Waals surface area contributed by atoms with Crippen molar-refractivity contribution in [1.29, 1.82) is 0 Å². The summed E-state index contributed by atoms with van der Waals surface area (Å²) in [5.74, 6) is 0.553. The molecule has 6 nitrogen and oxygen atoms in total. The van der Waals surface area contributed by atoms with Gasteiger partial charge in [-0.1, -0.05) is 0 Å². The maximum absolute atomic E-state index is 12.6. The fourth-order valence-electron chi connectivity index (χ4n) is 3.72. The van der Waals surface area contributed by atoms with E-state index in [1.54, 1.807) is 12.4 Å². The smallest absolute Gasteiger partial charge is 0.225 e. The Morgan fingerprint density at radius 1 is 1.04 bits per heavy atom. The molecular weight excluding hydrogens is 316 g/mol. The number of carbonyl (C=O) groups excluding carboxylic acids is 2. The molecule has 0 bridgehead atoms. The van der Waals surface area contributed by atoms with Gasteiger partial charge in [0.15, 0.2) is 0 Å². The highest BCUT2D eigenvalue weighted by Crippen LogP contribution is 2.30. The first kappa shape index (κ1) is 17.9. The van der Waals surface area contributed by atoms with Crippen LogP contribution >= 0.6 is 0 Å². The number of likely N-dealkylation sites (N-methyl/N-ethyl adjacent to an activating group) is 1. The van der Waals surface area contributed by atoms with Gasteiger partial charge >= 0.3 is 0 Å². The Balaban J connectivity index is 1.42. The largest absolute Gasteiger partial charge is 0.352 e. The van der Waals surface area contributed by atoms with Crippen molar-refractivity contribution in [3.63, 3.8) is 0 Å². The minimum absolute atomic E-state index is 0.0402. The van der Waals surface area contributed by atoms with Crippen molar-refractivity contribution >= 4 is 11.8 Å². The highest BCUT2D eigenvalue weighted by Gasteiger charge is 2.32. The van der Waals surface area contributed by atoms with Gasteiger partial charge in [0.1, 0.15) is 0 Å². The van der Waals surface area contributed by atoms with E-state index in [0.29, 0.717) is 12.5 Å². The molecule has 2 amide bonds. The first-order valence-electron chi connectivity index (χ1n) is 9.27. The predicted molar refractivity (Wildman–Crippen MR) is 95.6 cm³/mol. The lowest BCUT2D eigenvalue weighted by atomic mass is 9.80. The molecule has 0 atom stereocenters. The lowest BCUT2D eigenvalue weighted by molar-refractivity contribution is -0.139. The zero-order chi connectivity index (χ0) is 17.6. The Morgan fingerprint density at radius 2 is 1.64 bits per heavy atom. The van der Waals surface area contributed by atoms with E-state index in [1.165, 1.54) is 0 Å². The second kappa shape index (κ2) is 8.43. The molecule has 0 spiro atoms. The number of amides is 2. The van der Waals surface area contributed by atoms with Gasteiger partial charge in [0, 0.05) is 57.0 Å². The summed E-state index contributed by atoms with van der Waals surface area (Å²) in [6.45, 7) is 4.13. The molecule has 1 aliphatic heterocycles. The van der Waals surface area contributed by atoms with E-state index in [4.69, 9.17) is 0 Å². The predicted octanol–water partition coefficient (Wildman–Crippen LogP) is 1.28. The standard InChI is InChI=1S/C19H28N4O2/c1-22-10-12-23(13-11-22)19(25)17-4-2-16(3-5-17)18(24)21-14-15-6-8-20-9-7-15/h6-9,16-17H,2-5,10-14H2,1H3,(H,21,24). The number of nitrogens with one attached hydrogen (secondary N) is 1. The molecule has 1 aliphatic carbocycles. The fourth-order valence-corrected chi connectivity index (χ4v) is 3.72. The van der Waals surface area contributed by atoms with Crippen LogP contribution < -0.4 is 5.32 Å². The van der Waals surface area contributed by atoms with Crippen LogP contribution in [-0.2, 0) is 16.1 Å². The lowest BCUT2D eigenvalue weighted by Crippen LogP contribution is -2.49. The summed E-state index contributed by atoms with van der Waals surface area (Å²) in [6.07, 6.45) is 6.75. The van der Waals surface area contributed by atoms with Crippen molar-refractivity contribution < 1.29 is 9.59 Å². The third-order valence-corrected chi connectivity index (χ3v) is 5.48. The minimum atomic E-state index is 0.0402. The minimum Gasteiger partial charge on any atom is -0.352 e. The number of pyridine rings is 1. The second-order valence-corrected chi connectivity index (χ2v) is 7.25. The third-order valence-electron chi connectivity index (χ3n) is 5.48. The quantitative estimate of drug-likeness (QED) is 0.894. The summed E-state index contributed by atoms with van der Waals surface area (Å²) in [5.41, 5.74) is 1.06. The van der Waals surface area contributed by atoms with Gasteiger partial charge in [-0.25, -0.2) is 0 Å². The second-order valence-electron chi connectivity index (χ2n) is 7.25. The number of aromatic nitrogens is 1. The summed E-state index contributed by atoms with van der Waals surface area (Å²) in [6, 6.07) is 3.82. The number of nitrogens with zero attached hydrogens (tertiary/aromatic N) is 3. The van der Waals surface area contributed by atoms with E-state index >= 15 is 0 Å². The van der Waals surface area contributed by atoms with Crippen LogP contribution in [0.5, 0.6) is 0 Å². The van der Waals surface area contributed by atoms with E-state index in [9.17, 15) is 9.59 Å². The number of carbonyl (C=O) groups is 2. The molecule has 3 rings (SSSR count). The summed E-state index contributed by atoms with van der Waals surface area (Å²) < 4.78 is 0. The van der Waals surface area contributed by atoms with Crippen molar-refractivity contribution in [2.75, 3.05) is 33.2 Å². The lowest BCUT2D eigenvalue weighted by Gasteiger charge is -2.36. The Kier molecular flexibility index (Phi) is 6.02. The molecule has 1 aromatic heterocycles. The van der Waals surface area contributed by atoms with E-state index < -0.39 is 0 Å². The van der Waals surface area contributed by atoms with Crippen molar-refractivity contribution in [2.24, 2.45) is 11.8 Å². The van der Waals surface area contributed by atoms with Crippen LogP contribution in [0, 0.1) is 11.8 Å². The Labute approximate surface area is 149 Å². The maximum atomic E-state index is 12.6. The van der Waals surface area contributed by atoms with Gasteiger partial charge < -0.3 is 15.1 Å². The normalized spacial score (nSPS) is 24.8. The first-order valence-corrected chi connectivity index (χ1v) is 9.27. The third kappa shape index (κ3) is 4.78. The first-order chi connectivity index (χ1) is 12.1. The van der Waals surface area contributed by atoms with E-state index in [1.807, 2.05) is 17.0 Å². The molecule has 1 N–H and O–H groups in total. The Bertz CT molecular complexity index is 576. The maximum Gasteiger partial charge on any atom is 0.225 e. The summed E-state index contributed by atoms with van der Waals surface area (Å²) >= 11 is 0. The van der Waals surface area contributed by atoms with Crippen LogP contribution in [0.2, 0.25) is 0 Å². The van der Waals surface area contributed by atoms with Crippen molar-refractivity contribution in [1.82, 2.24) is 20.1 Å². The molecule has 0 aromatic carbocycles. The molecule has 1 saturated heterocycles. The summed E-state index contributed by atoms with van der Waals surface area (Å²) in [7, 11) is 2.09. The van der Waals surface area contributed by atoms with Gasteiger partial charge in [-0.05, 0) is 50.4 Å². The molecule has 136 valence electrons. The van der Waals surface area contributed by atoms with Crippen LogP contribution in [0.3, 0.4) is 0 Å². The number of hydrogen-bond donors (Lipinski definition) is 1. The van der Waals surface area contributed by atoms with Crippen molar-refractivity contribution in [3.8, 4) is 0 Å². The van der Waals surface area contributed by atoms with Gasteiger partial charge in [-0.2, -0.15) is 0 Å². The van der Waals surface area contributed by atoms with Crippen LogP contribution in [0.25, 0.3) is 0 Å². The molecule has 25 heavy (non-hydrogen) atoms. The van der Waals surface area contributed by atoms with Crippen LogP contribution in [0.1, 0.15) is 31.2 Å². The van der Waals surface area contributed by atoms with Gasteiger partial charge in [0.2, 0.25) is 11.8 Å². The topological polar surface area (TPSA) is 65.5 Å². The molecule has 6 heteroatoms. The number of rotatable bonds is 4. The number of piperazine rings is 1. The molecular formula is C19H28N4O2. The summed E-state index contributed by atoms with van der Waals surface area (Å²) in [4.78, 5) is 33.3. The highest BCUT2D eigenvalue weighted by atomic mass is 16.2. The molecule has 0 radical (unpaired) electrons. The number of hydrogen-bond acceptors (Lipinski definition) is 4. The monoisotopic (exact) mass is 344 g/mol. The van der Waals surface area contributed by atoms with E-state index in [2.05, 4.69) is 22.2 Å². The average molecular weight is 344 g/mol. The zero-order valence-electron chi connectivity index (χ0n) is 15.0. The SMILES string of the molecule is CN1CCN(C(=O)C2CCC(C(=O)NCc3ccncc3)CC2)CC1. The van der Waals surface area contributed by atoms with Gasteiger partial charge in [-0.3, -0.25) is 14.6 Å². The van der Waals surface area contributed by atoms with Crippen molar-refractivity contribution in [2.45, 2.75) is 32.2 Å². The molecule has 2 fully saturated rings. The fraction of sp³-hybridized carbons (Fsp3) is 0.632. The van der Waals surface area contributed by atoms with Crippen LogP contribution in [0.15, 0.2) is 24.5 Å². The molecule has 1 aromatic rings. The van der Waals surface area contributed by atoms with E-state index in [-0.39, 0.29) is 17.7 Å². The molecule has 2 heterocycles. The van der Waals surface area contributed by atoms with Gasteiger partial charge in [0.05, 0.1) is 0 Å². The van der Waals surface area contributed by atoms with Crippen molar-refractivity contribution in [3.05, 3.63) is 30.1 Å². The molecule has 1 saturated carbocycles. The molecule has 0 unspecified atom stereocenters. The summed E-state index contributed by atoms with van der Waals surface area (Å²) in [5, 5.41) is 3.01. The Hall–Kier alpha value is -1.95. The average Bonchev–Trinajstić information content (AvgIpc) is 2.67. The van der Waals surface area contributed by atoms with Gasteiger partial charge in [0.25, 0.3) is 0 Å². The van der Waals surface area contributed by atoms with Gasteiger partial charge in [-0.15, -0.1) is 0 Å². The molecule has 2 aliphatic rings. The van der Waals surface area contributed by atoms with Crippen LogP contribution in [0.4, 0.5) is 0 Å². The van der Waals surface area contributed by atoms with E-state index in [0.717, 1.165) is 57.4 Å². The van der Waals surface area contributed by atoms with Crippen LogP contribution in [-0.4, -0.2) is 59.8 Å². The highest BCUT2D eigenvalue weighted by molar-refractivity contribution is 5.81.